The monoisotopic (exact) mass is 311 g/mol. The molecule has 2 heterocycles. The van der Waals surface area contributed by atoms with Crippen LogP contribution in [0.5, 0.6) is 11.6 Å². The SMILES string of the molecule is O=C1CCC[C@H](C(=O)Nc2cccc(Oc3ccccc3)n2)N1. The number of pyridine rings is 1. The predicted molar refractivity (Wildman–Crippen MR) is 85.2 cm³/mol. The third-order valence-corrected chi connectivity index (χ3v) is 3.49. The minimum atomic E-state index is -0.503. The van der Waals surface area contributed by atoms with Gasteiger partial charge in [-0.15, -0.1) is 0 Å². The van der Waals surface area contributed by atoms with E-state index in [1.165, 1.54) is 0 Å². The molecule has 1 aromatic carbocycles. The molecule has 1 aromatic heterocycles. The first kappa shape index (κ1) is 15.0. The van der Waals surface area contributed by atoms with E-state index in [0.29, 0.717) is 36.7 Å². The summed E-state index contributed by atoms with van der Waals surface area (Å²) in [4.78, 5) is 27.8. The number of para-hydroxylation sites is 1. The third-order valence-electron chi connectivity index (χ3n) is 3.49. The quantitative estimate of drug-likeness (QED) is 0.909. The summed E-state index contributed by atoms with van der Waals surface area (Å²) < 4.78 is 5.63. The Kier molecular flexibility index (Phi) is 4.52. The second-order valence-corrected chi connectivity index (χ2v) is 5.28. The molecule has 6 heteroatoms. The Bertz CT molecular complexity index is 703. The van der Waals surface area contributed by atoms with Gasteiger partial charge in [0, 0.05) is 12.5 Å². The number of rotatable bonds is 4. The highest BCUT2D eigenvalue weighted by Gasteiger charge is 2.24. The molecule has 1 aliphatic rings. The lowest BCUT2D eigenvalue weighted by atomic mass is 10.0. The molecule has 0 bridgehead atoms. The number of nitrogens with zero attached hydrogens (tertiary/aromatic N) is 1. The van der Waals surface area contributed by atoms with E-state index in [1.54, 1.807) is 18.2 Å². The van der Waals surface area contributed by atoms with Gasteiger partial charge in [0.05, 0.1) is 0 Å². The van der Waals surface area contributed by atoms with E-state index in [1.807, 2.05) is 30.3 Å². The van der Waals surface area contributed by atoms with Gasteiger partial charge in [-0.3, -0.25) is 9.59 Å². The molecule has 0 aliphatic carbocycles. The van der Waals surface area contributed by atoms with Crippen LogP contribution in [0.1, 0.15) is 19.3 Å². The number of piperidine rings is 1. The highest BCUT2D eigenvalue weighted by Crippen LogP contribution is 2.20. The summed E-state index contributed by atoms with van der Waals surface area (Å²) in [6.45, 7) is 0. The number of benzene rings is 1. The van der Waals surface area contributed by atoms with Crippen LogP contribution in [-0.4, -0.2) is 22.8 Å². The Hall–Kier alpha value is -2.89. The molecular formula is C17H17N3O3. The summed E-state index contributed by atoms with van der Waals surface area (Å²) >= 11 is 0. The number of ether oxygens (including phenoxy) is 1. The standard InChI is InChI=1S/C17H17N3O3/c21-15-10-4-8-13(18-15)17(22)20-14-9-5-11-16(19-14)23-12-6-2-1-3-7-12/h1-3,5-7,9,11,13H,4,8,10H2,(H,18,21)(H,19,20,22)/t13-/m1/s1. The summed E-state index contributed by atoms with van der Waals surface area (Å²) in [6, 6.07) is 13.9. The van der Waals surface area contributed by atoms with Crippen molar-refractivity contribution in [1.29, 1.82) is 0 Å². The average Bonchev–Trinajstić information content (AvgIpc) is 2.56. The molecule has 0 unspecified atom stereocenters. The number of nitrogens with one attached hydrogen (secondary N) is 2. The van der Waals surface area contributed by atoms with Crippen LogP contribution in [0.3, 0.4) is 0 Å². The van der Waals surface area contributed by atoms with Crippen LogP contribution in [0.25, 0.3) is 0 Å². The van der Waals surface area contributed by atoms with Crippen molar-refractivity contribution in [3.63, 3.8) is 0 Å². The fourth-order valence-electron chi connectivity index (χ4n) is 2.37. The van der Waals surface area contributed by atoms with Gasteiger partial charge in [-0.05, 0) is 31.0 Å². The number of aromatic nitrogens is 1. The van der Waals surface area contributed by atoms with Gasteiger partial charge < -0.3 is 15.4 Å². The maximum Gasteiger partial charge on any atom is 0.248 e. The Morgan fingerprint density at radius 2 is 2.00 bits per heavy atom. The molecule has 1 saturated heterocycles. The largest absolute Gasteiger partial charge is 0.439 e. The molecule has 6 nitrogen and oxygen atoms in total. The van der Waals surface area contributed by atoms with Crippen molar-refractivity contribution in [3.8, 4) is 11.6 Å². The summed E-state index contributed by atoms with van der Waals surface area (Å²) in [5.74, 6) is 1.10. The zero-order chi connectivity index (χ0) is 16.1. The molecule has 118 valence electrons. The number of carbonyl (C=O) groups is 2. The van der Waals surface area contributed by atoms with E-state index in [-0.39, 0.29) is 11.8 Å². The van der Waals surface area contributed by atoms with Gasteiger partial charge in [-0.2, -0.15) is 4.98 Å². The van der Waals surface area contributed by atoms with Gasteiger partial charge >= 0.3 is 0 Å². The number of hydrogen-bond acceptors (Lipinski definition) is 4. The molecule has 0 saturated carbocycles. The Labute approximate surface area is 133 Å². The van der Waals surface area contributed by atoms with Gasteiger partial charge in [0.25, 0.3) is 0 Å². The normalized spacial score (nSPS) is 17.2. The zero-order valence-electron chi connectivity index (χ0n) is 12.5. The van der Waals surface area contributed by atoms with Crippen molar-refractivity contribution in [3.05, 3.63) is 48.5 Å². The molecule has 2 N–H and O–H groups in total. The van der Waals surface area contributed by atoms with E-state index >= 15 is 0 Å². The second kappa shape index (κ2) is 6.91. The van der Waals surface area contributed by atoms with Gasteiger partial charge in [-0.1, -0.05) is 24.3 Å². The molecule has 2 amide bonds. The molecular weight excluding hydrogens is 294 g/mol. The lowest BCUT2D eigenvalue weighted by Crippen LogP contribution is -2.46. The Balaban J connectivity index is 1.65. The lowest BCUT2D eigenvalue weighted by molar-refractivity contribution is -0.128. The third kappa shape index (κ3) is 4.06. The van der Waals surface area contributed by atoms with Crippen LogP contribution >= 0.6 is 0 Å². The number of carbonyl (C=O) groups excluding carboxylic acids is 2. The summed E-state index contributed by atoms with van der Waals surface area (Å²) in [7, 11) is 0. The van der Waals surface area contributed by atoms with Gasteiger partial charge in [0.1, 0.15) is 17.6 Å². The molecule has 0 spiro atoms. The average molecular weight is 311 g/mol. The van der Waals surface area contributed by atoms with Crippen LogP contribution < -0.4 is 15.4 Å². The van der Waals surface area contributed by atoms with E-state index < -0.39 is 6.04 Å². The number of amides is 2. The van der Waals surface area contributed by atoms with E-state index in [4.69, 9.17) is 4.74 Å². The molecule has 1 atom stereocenters. The minimum absolute atomic E-state index is 0.0921. The van der Waals surface area contributed by atoms with Gasteiger partial charge in [0.2, 0.25) is 17.7 Å². The summed E-state index contributed by atoms with van der Waals surface area (Å²) in [5, 5.41) is 5.39. The second-order valence-electron chi connectivity index (χ2n) is 5.28. The first-order valence-electron chi connectivity index (χ1n) is 7.51. The van der Waals surface area contributed by atoms with Crippen molar-refractivity contribution >= 4 is 17.6 Å². The topological polar surface area (TPSA) is 80.3 Å². The van der Waals surface area contributed by atoms with Gasteiger partial charge in [-0.25, -0.2) is 0 Å². The maximum atomic E-state index is 12.2. The van der Waals surface area contributed by atoms with Crippen molar-refractivity contribution in [2.45, 2.75) is 25.3 Å². The van der Waals surface area contributed by atoms with Crippen LogP contribution in [0.15, 0.2) is 48.5 Å². The van der Waals surface area contributed by atoms with E-state index in [2.05, 4.69) is 15.6 Å². The van der Waals surface area contributed by atoms with Gasteiger partial charge in [0.15, 0.2) is 0 Å². The van der Waals surface area contributed by atoms with E-state index in [0.717, 1.165) is 0 Å². The van der Waals surface area contributed by atoms with Crippen molar-refractivity contribution in [2.75, 3.05) is 5.32 Å². The Morgan fingerprint density at radius 1 is 1.17 bits per heavy atom. The van der Waals surface area contributed by atoms with Crippen LogP contribution in [0.2, 0.25) is 0 Å². The molecule has 1 aliphatic heterocycles. The first-order chi connectivity index (χ1) is 11.2. The minimum Gasteiger partial charge on any atom is -0.439 e. The van der Waals surface area contributed by atoms with Crippen LogP contribution in [0.4, 0.5) is 5.82 Å². The summed E-state index contributed by atoms with van der Waals surface area (Å²) in [6.07, 6.45) is 1.83. The first-order valence-corrected chi connectivity index (χ1v) is 7.51. The molecule has 1 fully saturated rings. The van der Waals surface area contributed by atoms with E-state index in [9.17, 15) is 9.59 Å². The molecule has 2 aromatic rings. The molecule has 23 heavy (non-hydrogen) atoms. The maximum absolute atomic E-state index is 12.2. The fraction of sp³-hybridized carbons (Fsp3) is 0.235. The smallest absolute Gasteiger partial charge is 0.248 e. The molecule has 3 rings (SSSR count). The van der Waals surface area contributed by atoms with Crippen LogP contribution in [-0.2, 0) is 9.59 Å². The van der Waals surface area contributed by atoms with Crippen LogP contribution in [0, 0.1) is 0 Å². The van der Waals surface area contributed by atoms with Crippen molar-refractivity contribution < 1.29 is 14.3 Å². The lowest BCUT2D eigenvalue weighted by Gasteiger charge is -2.22. The highest BCUT2D eigenvalue weighted by molar-refractivity contribution is 5.97. The number of hydrogen-bond donors (Lipinski definition) is 2. The highest BCUT2D eigenvalue weighted by atomic mass is 16.5. The Morgan fingerprint density at radius 3 is 2.78 bits per heavy atom. The fourth-order valence-corrected chi connectivity index (χ4v) is 2.37. The summed E-state index contributed by atoms with van der Waals surface area (Å²) in [5.41, 5.74) is 0. The van der Waals surface area contributed by atoms with Crippen molar-refractivity contribution in [1.82, 2.24) is 10.3 Å². The molecule has 0 radical (unpaired) electrons. The van der Waals surface area contributed by atoms with Crippen molar-refractivity contribution in [2.24, 2.45) is 0 Å². The predicted octanol–water partition coefficient (Wildman–Crippen LogP) is 2.48. The zero-order valence-corrected chi connectivity index (χ0v) is 12.5. The number of anilines is 1.